The Balaban J connectivity index is 2.63. The Bertz CT molecular complexity index is 129. The molecule has 1 heterocycles. The van der Waals surface area contributed by atoms with Crippen molar-refractivity contribution in [3.8, 4) is 0 Å². The largest absolute Gasteiger partial charge is 0.388 e. The fraction of sp³-hybridized carbons (Fsp3) is 1.00. The van der Waals surface area contributed by atoms with Gasteiger partial charge in [-0.15, -0.1) is 5.73 Å². The third-order valence-electron chi connectivity index (χ3n) is 1.83. The van der Waals surface area contributed by atoms with Crippen LogP contribution in [0.4, 0.5) is 0 Å². The van der Waals surface area contributed by atoms with Crippen molar-refractivity contribution in [1.82, 2.24) is 5.73 Å². The van der Waals surface area contributed by atoms with Gasteiger partial charge in [0.05, 0.1) is 6.10 Å². The van der Waals surface area contributed by atoms with Crippen LogP contribution < -0.4 is 5.73 Å². The quantitative estimate of drug-likeness (QED) is 0.379. The van der Waals surface area contributed by atoms with E-state index in [9.17, 15) is 0 Å². The number of nitrogens with zero attached hydrogens (tertiary/aromatic N) is 1. The Kier molecular flexibility index (Phi) is 2.46. The minimum absolute atomic E-state index is 0.664. The number of aliphatic hydroxyl groups excluding tert-OH is 3. The predicted molar refractivity (Wildman–Crippen MR) is 34.5 cm³/mol. The van der Waals surface area contributed by atoms with Crippen molar-refractivity contribution in [2.75, 3.05) is 0 Å². The van der Waals surface area contributed by atoms with Crippen LogP contribution in [-0.4, -0.2) is 46.0 Å². The van der Waals surface area contributed by atoms with Gasteiger partial charge in [-0.05, 0) is 6.92 Å². The maximum atomic E-state index is 9.09. The second kappa shape index (κ2) is 3.04. The lowest BCUT2D eigenvalue weighted by Gasteiger charge is -2.36. The summed E-state index contributed by atoms with van der Waals surface area (Å²) in [4.78, 5) is 0. The second-order valence-corrected chi connectivity index (χ2v) is 2.70. The third kappa shape index (κ3) is 1.52. The van der Waals surface area contributed by atoms with Gasteiger partial charge < -0.3 is 20.1 Å². The van der Waals surface area contributed by atoms with Crippen molar-refractivity contribution in [1.29, 1.82) is 0 Å². The van der Waals surface area contributed by atoms with Crippen molar-refractivity contribution in [3.05, 3.63) is 0 Å². The molecule has 5 atom stereocenters. The van der Waals surface area contributed by atoms with E-state index in [1.807, 2.05) is 0 Å². The molecule has 64 valence electrons. The standard InChI is InChI=1S/C6H11NO4/c1-2-3(8)4(9)5(10)6(7)11-2/h2-6,8-10H,1H3/t2-,3+,4+,5-,6?/m0/s1. The molecule has 1 aliphatic rings. The number of aliphatic hydroxyl groups is 3. The second-order valence-electron chi connectivity index (χ2n) is 2.70. The first-order valence-corrected chi connectivity index (χ1v) is 3.41. The van der Waals surface area contributed by atoms with E-state index in [1.165, 1.54) is 6.92 Å². The van der Waals surface area contributed by atoms with E-state index in [0.29, 0.717) is 0 Å². The highest BCUT2D eigenvalue weighted by molar-refractivity contribution is 4.87. The lowest BCUT2D eigenvalue weighted by Crippen LogP contribution is -2.57. The van der Waals surface area contributed by atoms with Crippen LogP contribution in [0.3, 0.4) is 0 Å². The zero-order valence-electron chi connectivity index (χ0n) is 6.08. The summed E-state index contributed by atoms with van der Waals surface area (Å²) in [7, 11) is 0. The molecule has 0 spiro atoms. The highest BCUT2D eigenvalue weighted by Crippen LogP contribution is 2.18. The lowest BCUT2D eigenvalue weighted by atomic mass is 9.99. The SMILES string of the molecule is C[C@@H]1OC([N])[C@@H](O)[C@H](O)[C@@H]1O. The average Bonchev–Trinajstić information content (AvgIpc) is 1.97. The zero-order valence-corrected chi connectivity index (χ0v) is 6.08. The van der Waals surface area contributed by atoms with E-state index in [2.05, 4.69) is 4.74 Å². The molecule has 0 amide bonds. The smallest absolute Gasteiger partial charge is 0.169 e. The normalized spacial score (nSPS) is 52.6. The Morgan fingerprint density at radius 1 is 1.09 bits per heavy atom. The summed E-state index contributed by atoms with van der Waals surface area (Å²) >= 11 is 0. The molecule has 0 bridgehead atoms. The first-order valence-electron chi connectivity index (χ1n) is 3.41. The fourth-order valence-corrected chi connectivity index (χ4v) is 1.03. The maximum Gasteiger partial charge on any atom is 0.169 e. The first kappa shape index (κ1) is 8.89. The molecule has 1 fully saturated rings. The van der Waals surface area contributed by atoms with Gasteiger partial charge >= 0.3 is 0 Å². The van der Waals surface area contributed by atoms with E-state index < -0.39 is 30.6 Å². The molecule has 0 aromatic rings. The van der Waals surface area contributed by atoms with E-state index in [1.54, 1.807) is 0 Å². The van der Waals surface area contributed by atoms with Gasteiger partial charge in [-0.3, -0.25) is 0 Å². The summed E-state index contributed by atoms with van der Waals surface area (Å²) in [6, 6.07) is 0. The van der Waals surface area contributed by atoms with Crippen LogP contribution in [0.15, 0.2) is 0 Å². The van der Waals surface area contributed by atoms with E-state index >= 15 is 0 Å². The molecule has 3 N–H and O–H groups in total. The molecule has 1 aliphatic heterocycles. The summed E-state index contributed by atoms with van der Waals surface area (Å²) in [5.74, 6) is 0. The van der Waals surface area contributed by atoms with E-state index in [4.69, 9.17) is 21.1 Å². The van der Waals surface area contributed by atoms with Gasteiger partial charge in [-0.25, -0.2) is 0 Å². The van der Waals surface area contributed by atoms with Crippen LogP contribution >= 0.6 is 0 Å². The summed E-state index contributed by atoms with van der Waals surface area (Å²) in [5, 5.41) is 27.1. The van der Waals surface area contributed by atoms with E-state index in [-0.39, 0.29) is 0 Å². The van der Waals surface area contributed by atoms with Crippen molar-refractivity contribution < 1.29 is 20.1 Å². The topological polar surface area (TPSA) is 92.2 Å². The molecular weight excluding hydrogens is 150 g/mol. The van der Waals surface area contributed by atoms with Gasteiger partial charge in [0, 0.05) is 0 Å². The predicted octanol–water partition coefficient (Wildman–Crippen LogP) is -2.12. The summed E-state index contributed by atoms with van der Waals surface area (Å²) in [6.45, 7) is 1.50. The molecule has 1 saturated heterocycles. The van der Waals surface area contributed by atoms with Gasteiger partial charge in [0.2, 0.25) is 0 Å². The van der Waals surface area contributed by atoms with Crippen LogP contribution in [0.1, 0.15) is 6.92 Å². The Morgan fingerprint density at radius 2 is 1.64 bits per heavy atom. The van der Waals surface area contributed by atoms with Crippen LogP contribution in [0.2, 0.25) is 0 Å². The Labute approximate surface area is 64.4 Å². The molecule has 0 saturated carbocycles. The number of hydrogen-bond acceptors (Lipinski definition) is 4. The molecule has 1 unspecified atom stereocenters. The zero-order chi connectivity index (χ0) is 8.59. The highest BCUT2D eigenvalue weighted by Gasteiger charge is 2.40. The molecule has 1 rings (SSSR count). The van der Waals surface area contributed by atoms with Crippen molar-refractivity contribution in [3.63, 3.8) is 0 Å². The lowest BCUT2D eigenvalue weighted by molar-refractivity contribution is -0.217. The first-order chi connectivity index (χ1) is 5.04. The van der Waals surface area contributed by atoms with Gasteiger partial charge in [-0.1, -0.05) is 0 Å². The Hall–Kier alpha value is -0.200. The monoisotopic (exact) mass is 161 g/mol. The number of ether oxygens (including phenoxy) is 1. The molecule has 11 heavy (non-hydrogen) atoms. The highest BCUT2D eigenvalue weighted by atomic mass is 16.5. The van der Waals surface area contributed by atoms with E-state index in [0.717, 1.165) is 0 Å². The van der Waals surface area contributed by atoms with Crippen molar-refractivity contribution in [2.45, 2.75) is 37.6 Å². The molecule has 0 aromatic heterocycles. The number of rotatable bonds is 0. The molecule has 0 aromatic carbocycles. The molecular formula is C6H11NO4. The molecule has 2 radical (unpaired) electrons. The molecule has 5 nitrogen and oxygen atoms in total. The Morgan fingerprint density at radius 3 is 2.18 bits per heavy atom. The summed E-state index contributed by atoms with van der Waals surface area (Å²) in [6.07, 6.45) is -5.99. The van der Waals surface area contributed by atoms with Crippen LogP contribution in [0, 0.1) is 0 Å². The minimum atomic E-state index is -1.43. The molecule has 5 heteroatoms. The fourth-order valence-electron chi connectivity index (χ4n) is 1.03. The maximum absolute atomic E-state index is 9.09. The number of hydrogen-bond donors (Lipinski definition) is 3. The van der Waals surface area contributed by atoms with Gasteiger partial charge in [-0.2, -0.15) is 0 Å². The average molecular weight is 161 g/mol. The van der Waals surface area contributed by atoms with Crippen LogP contribution in [0.5, 0.6) is 0 Å². The van der Waals surface area contributed by atoms with Crippen LogP contribution in [0.25, 0.3) is 0 Å². The van der Waals surface area contributed by atoms with Gasteiger partial charge in [0.1, 0.15) is 18.3 Å². The molecule has 0 aliphatic carbocycles. The third-order valence-corrected chi connectivity index (χ3v) is 1.83. The summed E-state index contributed by atoms with van der Waals surface area (Å²) < 4.78 is 4.68. The van der Waals surface area contributed by atoms with Crippen molar-refractivity contribution >= 4 is 0 Å². The van der Waals surface area contributed by atoms with Crippen molar-refractivity contribution in [2.24, 2.45) is 0 Å². The van der Waals surface area contributed by atoms with Crippen LogP contribution in [-0.2, 0) is 4.74 Å². The summed E-state index contributed by atoms with van der Waals surface area (Å²) in [5.41, 5.74) is 8.89. The van der Waals surface area contributed by atoms with Gasteiger partial charge in [0.25, 0.3) is 0 Å². The minimum Gasteiger partial charge on any atom is -0.388 e. The van der Waals surface area contributed by atoms with Gasteiger partial charge in [0.15, 0.2) is 6.23 Å².